The van der Waals surface area contributed by atoms with Crippen molar-refractivity contribution in [3.63, 3.8) is 0 Å². The van der Waals surface area contributed by atoms with E-state index in [0.29, 0.717) is 0 Å². The van der Waals surface area contributed by atoms with Crippen molar-refractivity contribution in [2.75, 3.05) is 0 Å². The van der Waals surface area contributed by atoms with Gasteiger partial charge in [-0.25, -0.2) is 0 Å². The summed E-state index contributed by atoms with van der Waals surface area (Å²) in [6.07, 6.45) is 0. The van der Waals surface area contributed by atoms with E-state index < -0.39 is 0 Å². The molecule has 10 aromatic rings. The predicted octanol–water partition coefficient (Wildman–Crippen LogP) is 12.3. The van der Waals surface area contributed by atoms with Crippen LogP contribution in [0, 0.1) is 0 Å². The second kappa shape index (κ2) is 9.57. The molecule has 2 heteroatoms. The quantitative estimate of drug-likeness (QED) is 0.189. The predicted molar refractivity (Wildman–Crippen MR) is 202 cm³/mol. The molecule has 1 aliphatic carbocycles. The zero-order valence-electron chi connectivity index (χ0n) is 26.1. The third-order valence-electron chi connectivity index (χ3n) is 10.4. The van der Waals surface area contributed by atoms with Crippen LogP contribution < -0.4 is 0 Å². The number of benzene rings is 8. The summed E-state index contributed by atoms with van der Waals surface area (Å²) in [6.45, 7) is 0. The number of para-hydroxylation sites is 3. The van der Waals surface area contributed by atoms with Crippen LogP contribution in [-0.4, -0.2) is 9.13 Å². The van der Waals surface area contributed by atoms with Crippen molar-refractivity contribution in [3.05, 3.63) is 170 Å². The molecule has 1 aliphatic rings. The van der Waals surface area contributed by atoms with Gasteiger partial charge in [-0.3, -0.25) is 0 Å². The normalized spacial score (nSPS) is 12.2. The monoisotopic (exact) mass is 608 g/mol. The Labute approximate surface area is 277 Å². The van der Waals surface area contributed by atoms with Crippen LogP contribution in [0.25, 0.3) is 99.1 Å². The Morgan fingerprint density at radius 3 is 1.48 bits per heavy atom. The molecule has 0 amide bonds. The average Bonchev–Trinajstić information content (AvgIpc) is 3.78. The molecule has 2 heterocycles. The lowest BCUT2D eigenvalue weighted by Crippen LogP contribution is -1.95. The molecule has 2 aromatic heterocycles. The fraction of sp³-hybridized carbons (Fsp3) is 0. The van der Waals surface area contributed by atoms with Gasteiger partial charge in [0.2, 0.25) is 0 Å². The van der Waals surface area contributed by atoms with Crippen molar-refractivity contribution in [1.29, 1.82) is 0 Å². The van der Waals surface area contributed by atoms with Crippen LogP contribution in [0.2, 0.25) is 0 Å². The molecular weight excluding hydrogens is 581 g/mol. The number of rotatable bonds is 3. The minimum atomic E-state index is 1.17. The maximum atomic E-state index is 2.47. The Balaban J connectivity index is 1.17. The van der Waals surface area contributed by atoms with E-state index in [1.807, 2.05) is 0 Å². The van der Waals surface area contributed by atoms with Crippen LogP contribution in [-0.2, 0) is 0 Å². The summed E-state index contributed by atoms with van der Waals surface area (Å²) in [5, 5.41) is 7.70. The molecule has 0 atom stereocenters. The van der Waals surface area contributed by atoms with Gasteiger partial charge in [0, 0.05) is 32.9 Å². The fourth-order valence-electron chi connectivity index (χ4n) is 8.36. The molecule has 0 spiro atoms. The van der Waals surface area contributed by atoms with E-state index in [4.69, 9.17) is 0 Å². The SMILES string of the molecule is c1ccc(-n2c3ccccc3c3ccc(-c4ccc5c6ccccc6n(-c6cc7c8c(cccc8c6)-c6ccccc6-7)c5c4)cc32)cc1. The minimum absolute atomic E-state index is 1.17. The van der Waals surface area contributed by atoms with Crippen molar-refractivity contribution in [1.82, 2.24) is 9.13 Å². The molecule has 222 valence electrons. The number of hydrogen-bond donors (Lipinski definition) is 0. The summed E-state index contributed by atoms with van der Waals surface area (Å²) in [7, 11) is 0. The molecule has 0 saturated carbocycles. The third-order valence-corrected chi connectivity index (χ3v) is 10.4. The van der Waals surface area contributed by atoms with Gasteiger partial charge in [-0.2, -0.15) is 0 Å². The van der Waals surface area contributed by atoms with Gasteiger partial charge in [-0.15, -0.1) is 0 Å². The molecule has 0 radical (unpaired) electrons. The van der Waals surface area contributed by atoms with Crippen LogP contribution in [0.3, 0.4) is 0 Å². The summed E-state index contributed by atoms with van der Waals surface area (Å²) in [5.41, 5.74) is 14.9. The minimum Gasteiger partial charge on any atom is -0.309 e. The summed E-state index contributed by atoms with van der Waals surface area (Å²) in [5.74, 6) is 0. The molecule has 0 saturated heterocycles. The summed E-state index contributed by atoms with van der Waals surface area (Å²) < 4.78 is 4.87. The summed E-state index contributed by atoms with van der Waals surface area (Å²) >= 11 is 0. The first kappa shape index (κ1) is 25.8. The molecule has 0 aliphatic heterocycles. The van der Waals surface area contributed by atoms with Gasteiger partial charge >= 0.3 is 0 Å². The molecule has 0 unspecified atom stereocenters. The highest BCUT2D eigenvalue weighted by Gasteiger charge is 2.23. The van der Waals surface area contributed by atoms with E-state index in [1.54, 1.807) is 0 Å². The van der Waals surface area contributed by atoms with Crippen LogP contribution in [0.5, 0.6) is 0 Å². The van der Waals surface area contributed by atoms with E-state index in [1.165, 1.54) is 99.1 Å². The highest BCUT2D eigenvalue weighted by atomic mass is 15.0. The van der Waals surface area contributed by atoms with Gasteiger partial charge in [0.1, 0.15) is 0 Å². The lowest BCUT2D eigenvalue weighted by atomic mass is 10.0. The second-order valence-electron chi connectivity index (χ2n) is 12.9. The molecule has 0 bridgehead atoms. The van der Waals surface area contributed by atoms with Gasteiger partial charge in [0.25, 0.3) is 0 Å². The van der Waals surface area contributed by atoms with Crippen LogP contribution in [0.15, 0.2) is 170 Å². The van der Waals surface area contributed by atoms with Crippen LogP contribution >= 0.6 is 0 Å². The standard InChI is InChI=1S/C46H28N2/c1-2-12-32(13-3-1)47-42-19-8-6-16-36(42)38-23-21-29(26-44(38)47)30-22-24-39-37-17-7-9-20-43(37)48(45(39)27-30)33-25-31-11-10-18-40-34-14-4-5-15-35(34)41(28-33)46(31)40/h1-28H. The van der Waals surface area contributed by atoms with Gasteiger partial charge < -0.3 is 9.13 Å². The Morgan fingerprint density at radius 1 is 0.292 bits per heavy atom. The van der Waals surface area contributed by atoms with Crippen molar-refractivity contribution in [2.45, 2.75) is 0 Å². The van der Waals surface area contributed by atoms with Gasteiger partial charge in [-0.05, 0) is 92.7 Å². The van der Waals surface area contributed by atoms with E-state index in [0.717, 1.165) is 0 Å². The zero-order chi connectivity index (χ0) is 31.3. The average molecular weight is 609 g/mol. The molecule has 0 fully saturated rings. The fourth-order valence-corrected chi connectivity index (χ4v) is 8.36. The first-order chi connectivity index (χ1) is 23.8. The number of aromatic nitrogens is 2. The molecule has 2 nitrogen and oxygen atoms in total. The highest BCUT2D eigenvalue weighted by Crippen LogP contribution is 2.48. The third kappa shape index (κ3) is 3.46. The molecule has 48 heavy (non-hydrogen) atoms. The van der Waals surface area contributed by atoms with Crippen LogP contribution in [0.4, 0.5) is 0 Å². The lowest BCUT2D eigenvalue weighted by molar-refractivity contribution is 1.18. The van der Waals surface area contributed by atoms with Crippen molar-refractivity contribution < 1.29 is 0 Å². The van der Waals surface area contributed by atoms with Crippen molar-refractivity contribution in [2.24, 2.45) is 0 Å². The summed E-state index contributed by atoms with van der Waals surface area (Å²) in [6, 6.07) is 62.5. The maximum Gasteiger partial charge on any atom is 0.0547 e. The number of nitrogens with zero attached hydrogens (tertiary/aromatic N) is 2. The Hall–Kier alpha value is -6.38. The Bertz CT molecular complexity index is 2940. The zero-order valence-corrected chi connectivity index (χ0v) is 26.1. The smallest absolute Gasteiger partial charge is 0.0547 e. The molecular formula is C46H28N2. The van der Waals surface area contributed by atoms with Gasteiger partial charge in [0.15, 0.2) is 0 Å². The van der Waals surface area contributed by atoms with E-state index in [2.05, 4.69) is 179 Å². The van der Waals surface area contributed by atoms with Crippen molar-refractivity contribution in [3.8, 4) is 44.8 Å². The first-order valence-electron chi connectivity index (χ1n) is 16.6. The summed E-state index contributed by atoms with van der Waals surface area (Å²) in [4.78, 5) is 0. The van der Waals surface area contributed by atoms with E-state index in [-0.39, 0.29) is 0 Å². The van der Waals surface area contributed by atoms with Gasteiger partial charge in [-0.1, -0.05) is 121 Å². The lowest BCUT2D eigenvalue weighted by Gasteiger charge is -2.13. The topological polar surface area (TPSA) is 9.86 Å². The number of hydrogen-bond acceptors (Lipinski definition) is 0. The van der Waals surface area contributed by atoms with E-state index >= 15 is 0 Å². The Morgan fingerprint density at radius 2 is 0.812 bits per heavy atom. The maximum absolute atomic E-state index is 2.47. The van der Waals surface area contributed by atoms with E-state index in [9.17, 15) is 0 Å². The largest absolute Gasteiger partial charge is 0.309 e. The number of fused-ring (bicyclic) bond motifs is 9. The second-order valence-corrected chi connectivity index (χ2v) is 12.9. The van der Waals surface area contributed by atoms with Crippen LogP contribution in [0.1, 0.15) is 0 Å². The Kier molecular flexibility index (Phi) is 5.14. The molecule has 0 N–H and O–H groups in total. The highest BCUT2D eigenvalue weighted by molar-refractivity contribution is 6.17. The van der Waals surface area contributed by atoms with Gasteiger partial charge in [0.05, 0.1) is 22.1 Å². The van der Waals surface area contributed by atoms with Crippen molar-refractivity contribution >= 4 is 54.4 Å². The molecule has 8 aromatic carbocycles. The molecule has 11 rings (SSSR count). The first-order valence-corrected chi connectivity index (χ1v) is 16.6.